The van der Waals surface area contributed by atoms with Crippen molar-refractivity contribution in [2.24, 2.45) is 0 Å². The number of hydrogen-bond donors (Lipinski definition) is 3. The lowest BCUT2D eigenvalue weighted by molar-refractivity contribution is 0.174. The van der Waals surface area contributed by atoms with Crippen LogP contribution in [0.2, 0.25) is 0 Å². The van der Waals surface area contributed by atoms with Gasteiger partial charge in [-0.3, -0.25) is 0 Å². The van der Waals surface area contributed by atoms with Gasteiger partial charge in [-0.25, -0.2) is 18.1 Å². The topological polar surface area (TPSA) is 114 Å². The van der Waals surface area contributed by atoms with Crippen molar-refractivity contribution in [2.75, 3.05) is 24.5 Å². The lowest BCUT2D eigenvalue weighted by Gasteiger charge is -2.10. The van der Waals surface area contributed by atoms with Crippen molar-refractivity contribution in [1.82, 2.24) is 14.7 Å². The normalized spacial score (nSPS) is 12.6. The summed E-state index contributed by atoms with van der Waals surface area (Å²) in [5, 5.41) is 6.31. The van der Waals surface area contributed by atoms with Gasteiger partial charge in [0.1, 0.15) is 5.82 Å². The Bertz CT molecular complexity index is 1120. The highest BCUT2D eigenvalue weighted by molar-refractivity contribution is 7.88. The summed E-state index contributed by atoms with van der Waals surface area (Å²) in [5.41, 5.74) is 2.17. The molecule has 0 saturated carbocycles. The molecule has 150 valence electrons. The van der Waals surface area contributed by atoms with Crippen molar-refractivity contribution in [3.05, 3.63) is 60.3 Å². The highest BCUT2D eigenvalue weighted by Crippen LogP contribution is 2.39. The molecule has 9 nitrogen and oxygen atoms in total. The van der Waals surface area contributed by atoms with E-state index in [0.29, 0.717) is 28.8 Å². The summed E-state index contributed by atoms with van der Waals surface area (Å²) in [6.45, 7) is 0.191. The Morgan fingerprint density at radius 3 is 2.66 bits per heavy atom. The van der Waals surface area contributed by atoms with Crippen LogP contribution in [0.1, 0.15) is 5.56 Å². The molecule has 2 heterocycles. The van der Waals surface area contributed by atoms with Crippen LogP contribution in [0, 0.1) is 0 Å². The van der Waals surface area contributed by atoms with E-state index in [0.717, 1.165) is 11.4 Å². The van der Waals surface area contributed by atoms with Gasteiger partial charge in [0.05, 0.1) is 11.4 Å². The summed E-state index contributed by atoms with van der Waals surface area (Å²) in [6.07, 6.45) is 1.63. The molecule has 3 N–H and O–H groups in total. The smallest absolute Gasteiger partial charge is 0.231 e. The van der Waals surface area contributed by atoms with Crippen LogP contribution in [0.5, 0.6) is 11.5 Å². The van der Waals surface area contributed by atoms with E-state index in [-0.39, 0.29) is 12.5 Å². The van der Waals surface area contributed by atoms with Crippen LogP contribution in [0.25, 0.3) is 0 Å². The zero-order chi connectivity index (χ0) is 20.3. The van der Waals surface area contributed by atoms with E-state index in [2.05, 4.69) is 25.3 Å². The molecule has 0 spiro atoms. The number of aromatic nitrogens is 2. The van der Waals surface area contributed by atoms with Gasteiger partial charge < -0.3 is 20.1 Å². The number of para-hydroxylation sites is 1. The van der Waals surface area contributed by atoms with E-state index in [9.17, 15) is 8.42 Å². The van der Waals surface area contributed by atoms with Crippen molar-refractivity contribution >= 4 is 33.2 Å². The molecular formula is C19H19N5O4S. The Morgan fingerprint density at radius 1 is 1.03 bits per heavy atom. The molecule has 0 saturated heterocycles. The molecule has 0 unspecified atom stereocenters. The van der Waals surface area contributed by atoms with Crippen molar-refractivity contribution in [2.45, 2.75) is 5.75 Å². The van der Waals surface area contributed by atoms with Gasteiger partial charge in [-0.1, -0.05) is 18.2 Å². The molecule has 10 heteroatoms. The third-order valence-corrected chi connectivity index (χ3v) is 5.53. The average Bonchev–Trinajstić information content (AvgIpc) is 3.20. The first kappa shape index (κ1) is 19.0. The molecule has 0 fully saturated rings. The van der Waals surface area contributed by atoms with Gasteiger partial charge in [0, 0.05) is 11.9 Å². The zero-order valence-corrected chi connectivity index (χ0v) is 16.4. The number of ether oxygens (including phenoxy) is 2. The molecule has 2 aromatic carbocycles. The standard InChI is InChI=1S/C19H19N5O4S/c1-20-29(25,26)11-13-5-7-14(8-6-13)22-19-21-10-9-17(24-19)23-15-3-2-4-16-18(15)28-12-27-16/h2-10,20H,11-12H2,1H3,(H2,21,22,23,24). The number of sulfonamides is 1. The van der Waals surface area contributed by atoms with Crippen LogP contribution in [0.3, 0.4) is 0 Å². The quantitative estimate of drug-likeness (QED) is 0.542. The Kier molecular flexibility index (Phi) is 5.19. The molecule has 3 aromatic rings. The van der Waals surface area contributed by atoms with Crippen molar-refractivity contribution in [3.8, 4) is 11.5 Å². The van der Waals surface area contributed by atoms with Crippen LogP contribution < -0.4 is 24.8 Å². The third kappa shape index (κ3) is 4.55. The molecule has 29 heavy (non-hydrogen) atoms. The van der Waals surface area contributed by atoms with Gasteiger partial charge in [0.25, 0.3) is 0 Å². The molecule has 1 aromatic heterocycles. The van der Waals surface area contributed by atoms with E-state index in [1.165, 1.54) is 7.05 Å². The monoisotopic (exact) mass is 413 g/mol. The summed E-state index contributed by atoms with van der Waals surface area (Å²) in [4.78, 5) is 8.67. The summed E-state index contributed by atoms with van der Waals surface area (Å²) in [6, 6.07) is 14.4. The maximum atomic E-state index is 11.6. The van der Waals surface area contributed by atoms with Crippen molar-refractivity contribution in [3.63, 3.8) is 0 Å². The second kappa shape index (κ2) is 7.94. The van der Waals surface area contributed by atoms with Crippen LogP contribution in [-0.2, 0) is 15.8 Å². The first-order valence-corrected chi connectivity index (χ1v) is 10.4. The van der Waals surface area contributed by atoms with E-state index < -0.39 is 10.0 Å². The van der Waals surface area contributed by atoms with Gasteiger partial charge >= 0.3 is 0 Å². The maximum absolute atomic E-state index is 11.6. The predicted octanol–water partition coefficient (Wildman–Crippen LogP) is 2.74. The van der Waals surface area contributed by atoms with Crippen molar-refractivity contribution in [1.29, 1.82) is 0 Å². The lowest BCUT2D eigenvalue weighted by atomic mass is 10.2. The largest absolute Gasteiger partial charge is 0.454 e. The third-order valence-electron chi connectivity index (χ3n) is 4.19. The van der Waals surface area contributed by atoms with E-state index >= 15 is 0 Å². The van der Waals surface area contributed by atoms with Gasteiger partial charge in [0.2, 0.25) is 22.8 Å². The SMILES string of the molecule is CNS(=O)(=O)Cc1ccc(Nc2nccc(Nc3cccc4c3OCO4)n2)cc1. The fourth-order valence-electron chi connectivity index (χ4n) is 2.76. The second-order valence-corrected chi connectivity index (χ2v) is 8.14. The fourth-order valence-corrected chi connectivity index (χ4v) is 3.54. The number of rotatable bonds is 7. The summed E-state index contributed by atoms with van der Waals surface area (Å²) in [5.74, 6) is 2.24. The van der Waals surface area contributed by atoms with Crippen molar-refractivity contribution < 1.29 is 17.9 Å². The van der Waals surface area contributed by atoms with Gasteiger partial charge in [-0.15, -0.1) is 0 Å². The van der Waals surface area contributed by atoms with E-state index in [1.54, 1.807) is 36.5 Å². The first-order valence-electron chi connectivity index (χ1n) is 8.78. The second-order valence-electron chi connectivity index (χ2n) is 6.21. The van der Waals surface area contributed by atoms with Crippen LogP contribution in [0.4, 0.5) is 23.1 Å². The molecule has 4 rings (SSSR count). The van der Waals surface area contributed by atoms with Crippen LogP contribution >= 0.6 is 0 Å². The summed E-state index contributed by atoms with van der Waals surface area (Å²) in [7, 11) is -1.91. The molecule has 1 aliphatic heterocycles. The zero-order valence-electron chi connectivity index (χ0n) is 15.5. The first-order chi connectivity index (χ1) is 14.0. The van der Waals surface area contributed by atoms with Gasteiger partial charge in [-0.2, -0.15) is 4.98 Å². The molecule has 1 aliphatic rings. The highest BCUT2D eigenvalue weighted by Gasteiger charge is 2.17. The number of fused-ring (bicyclic) bond motifs is 1. The highest BCUT2D eigenvalue weighted by atomic mass is 32.2. The lowest BCUT2D eigenvalue weighted by Crippen LogP contribution is -2.20. The van der Waals surface area contributed by atoms with Gasteiger partial charge in [-0.05, 0) is 42.9 Å². The Morgan fingerprint density at radius 2 is 1.86 bits per heavy atom. The Hall–Kier alpha value is -3.37. The minimum absolute atomic E-state index is 0.0765. The minimum Gasteiger partial charge on any atom is -0.454 e. The summed E-state index contributed by atoms with van der Waals surface area (Å²) < 4.78 is 36.4. The fraction of sp³-hybridized carbons (Fsp3) is 0.158. The minimum atomic E-state index is -3.31. The molecule has 0 aliphatic carbocycles. The number of anilines is 4. The number of nitrogens with zero attached hydrogens (tertiary/aromatic N) is 2. The molecule has 0 bridgehead atoms. The van der Waals surface area contributed by atoms with E-state index in [4.69, 9.17) is 9.47 Å². The number of hydrogen-bond acceptors (Lipinski definition) is 8. The molecule has 0 amide bonds. The molecule has 0 atom stereocenters. The van der Waals surface area contributed by atoms with E-state index in [1.807, 2.05) is 18.2 Å². The maximum Gasteiger partial charge on any atom is 0.231 e. The van der Waals surface area contributed by atoms with Gasteiger partial charge in [0.15, 0.2) is 11.5 Å². The predicted molar refractivity (Wildman–Crippen MR) is 109 cm³/mol. The number of nitrogens with one attached hydrogen (secondary N) is 3. The van der Waals surface area contributed by atoms with Crippen LogP contribution in [-0.4, -0.2) is 32.2 Å². The number of benzene rings is 2. The van der Waals surface area contributed by atoms with Crippen LogP contribution in [0.15, 0.2) is 54.7 Å². The molecular weight excluding hydrogens is 394 g/mol. The average molecular weight is 413 g/mol. The Labute approximate surface area is 168 Å². The Balaban J connectivity index is 1.46. The molecule has 0 radical (unpaired) electrons. The summed E-state index contributed by atoms with van der Waals surface area (Å²) >= 11 is 0.